The Hall–Kier alpha value is -2.93. The number of hydrogen-bond donors (Lipinski definition) is 2. The molecule has 1 aromatic heterocycles. The highest BCUT2D eigenvalue weighted by Crippen LogP contribution is 2.31. The molecule has 1 saturated heterocycles. The molecule has 2 N–H and O–H groups in total. The van der Waals surface area contributed by atoms with Crippen molar-refractivity contribution < 1.29 is 14.3 Å². The topological polar surface area (TPSA) is 83.6 Å². The van der Waals surface area contributed by atoms with Crippen LogP contribution in [0.15, 0.2) is 42.7 Å². The SMILES string of the molecule is O=C(Nc1ccc2c(c1)CCN2C(=O)c1cccnc1)NC1CCOCC1. The molecule has 4 rings (SSSR count). The number of hydrogen-bond acceptors (Lipinski definition) is 4. The molecular weight excluding hydrogens is 344 g/mol. The summed E-state index contributed by atoms with van der Waals surface area (Å²) in [6.07, 6.45) is 5.67. The molecule has 7 nitrogen and oxygen atoms in total. The van der Waals surface area contributed by atoms with Crippen LogP contribution < -0.4 is 15.5 Å². The second-order valence-corrected chi connectivity index (χ2v) is 6.78. The van der Waals surface area contributed by atoms with Crippen molar-refractivity contribution in [3.05, 3.63) is 53.9 Å². The van der Waals surface area contributed by atoms with E-state index in [1.165, 1.54) is 0 Å². The van der Waals surface area contributed by atoms with Gasteiger partial charge in [0, 0.05) is 49.6 Å². The summed E-state index contributed by atoms with van der Waals surface area (Å²) < 4.78 is 5.30. The second kappa shape index (κ2) is 7.75. The van der Waals surface area contributed by atoms with E-state index < -0.39 is 0 Å². The first kappa shape index (κ1) is 17.5. The summed E-state index contributed by atoms with van der Waals surface area (Å²) in [5.74, 6) is -0.0557. The quantitative estimate of drug-likeness (QED) is 0.875. The molecule has 7 heteroatoms. The first-order chi connectivity index (χ1) is 13.2. The minimum absolute atomic E-state index is 0.0557. The average Bonchev–Trinajstić information content (AvgIpc) is 3.12. The molecule has 3 heterocycles. The average molecular weight is 366 g/mol. The number of urea groups is 1. The van der Waals surface area contributed by atoms with Gasteiger partial charge in [-0.1, -0.05) is 0 Å². The fourth-order valence-corrected chi connectivity index (χ4v) is 3.53. The molecule has 0 radical (unpaired) electrons. The molecule has 1 fully saturated rings. The lowest BCUT2D eigenvalue weighted by atomic mass is 10.1. The molecule has 2 aliphatic heterocycles. The Labute approximate surface area is 157 Å². The molecular formula is C20H22N4O3. The summed E-state index contributed by atoms with van der Waals surface area (Å²) in [6, 6.07) is 9.13. The van der Waals surface area contributed by atoms with E-state index in [2.05, 4.69) is 15.6 Å². The van der Waals surface area contributed by atoms with E-state index >= 15 is 0 Å². The number of carbonyl (C=O) groups is 2. The van der Waals surface area contributed by atoms with Crippen LogP contribution in [0.2, 0.25) is 0 Å². The Kier molecular flexibility index (Phi) is 5.02. The highest BCUT2D eigenvalue weighted by Gasteiger charge is 2.26. The van der Waals surface area contributed by atoms with Crippen molar-refractivity contribution in [3.8, 4) is 0 Å². The smallest absolute Gasteiger partial charge is 0.319 e. The monoisotopic (exact) mass is 366 g/mol. The number of aromatic nitrogens is 1. The van der Waals surface area contributed by atoms with E-state index in [4.69, 9.17) is 4.74 Å². The number of nitrogens with zero attached hydrogens (tertiary/aromatic N) is 2. The van der Waals surface area contributed by atoms with E-state index in [-0.39, 0.29) is 18.0 Å². The summed E-state index contributed by atoms with van der Waals surface area (Å²) in [7, 11) is 0. The van der Waals surface area contributed by atoms with Gasteiger partial charge in [0.25, 0.3) is 5.91 Å². The number of anilines is 2. The Morgan fingerprint density at radius 3 is 2.81 bits per heavy atom. The minimum Gasteiger partial charge on any atom is -0.381 e. The standard InChI is InChI=1S/C20H22N4O3/c25-19(15-2-1-8-21-13-15)24-9-5-14-12-17(3-4-18(14)24)23-20(26)22-16-6-10-27-11-7-16/h1-4,8,12-13,16H,5-7,9-11H2,(H2,22,23,26). The van der Waals surface area contributed by atoms with Crippen molar-refractivity contribution in [2.24, 2.45) is 0 Å². The summed E-state index contributed by atoms with van der Waals surface area (Å²) in [5.41, 5.74) is 3.24. The zero-order valence-electron chi connectivity index (χ0n) is 15.0. The van der Waals surface area contributed by atoms with Crippen LogP contribution in [0.3, 0.4) is 0 Å². The van der Waals surface area contributed by atoms with Crippen LogP contribution in [0.5, 0.6) is 0 Å². The number of benzene rings is 1. The zero-order chi connectivity index (χ0) is 18.6. The maximum absolute atomic E-state index is 12.7. The number of carbonyl (C=O) groups excluding carboxylic acids is 2. The lowest BCUT2D eigenvalue weighted by molar-refractivity contribution is 0.0806. The van der Waals surface area contributed by atoms with E-state index in [1.54, 1.807) is 29.4 Å². The molecule has 0 atom stereocenters. The molecule has 0 spiro atoms. The van der Waals surface area contributed by atoms with E-state index in [0.717, 1.165) is 36.2 Å². The molecule has 0 aliphatic carbocycles. The summed E-state index contributed by atoms with van der Waals surface area (Å²) in [4.78, 5) is 30.7. The van der Waals surface area contributed by atoms with Gasteiger partial charge < -0.3 is 20.3 Å². The van der Waals surface area contributed by atoms with Gasteiger partial charge in [0.2, 0.25) is 0 Å². The van der Waals surface area contributed by atoms with Crippen LogP contribution in [0.4, 0.5) is 16.2 Å². The number of ether oxygens (including phenoxy) is 1. The lowest BCUT2D eigenvalue weighted by Crippen LogP contribution is -2.41. The summed E-state index contributed by atoms with van der Waals surface area (Å²) in [6.45, 7) is 2.00. The molecule has 0 saturated carbocycles. The maximum Gasteiger partial charge on any atom is 0.319 e. The van der Waals surface area contributed by atoms with Crippen molar-refractivity contribution >= 4 is 23.3 Å². The maximum atomic E-state index is 12.7. The largest absolute Gasteiger partial charge is 0.381 e. The Morgan fingerprint density at radius 1 is 1.19 bits per heavy atom. The fourth-order valence-electron chi connectivity index (χ4n) is 3.53. The number of rotatable bonds is 3. The van der Waals surface area contributed by atoms with Gasteiger partial charge in [-0.2, -0.15) is 0 Å². The predicted molar refractivity (Wildman–Crippen MR) is 102 cm³/mol. The van der Waals surface area contributed by atoms with Gasteiger partial charge in [0.15, 0.2) is 0 Å². The molecule has 0 unspecified atom stereocenters. The third-order valence-corrected chi connectivity index (χ3v) is 4.94. The normalized spacial score (nSPS) is 16.7. The van der Waals surface area contributed by atoms with Gasteiger partial charge in [0.05, 0.1) is 5.56 Å². The number of fused-ring (bicyclic) bond motifs is 1. The molecule has 0 bridgehead atoms. The third-order valence-electron chi connectivity index (χ3n) is 4.94. The van der Waals surface area contributed by atoms with Crippen LogP contribution in [0, 0.1) is 0 Å². The van der Waals surface area contributed by atoms with Gasteiger partial charge in [-0.25, -0.2) is 4.79 Å². The summed E-state index contributed by atoms with van der Waals surface area (Å²) >= 11 is 0. The first-order valence-electron chi connectivity index (χ1n) is 9.21. The van der Waals surface area contributed by atoms with Gasteiger partial charge >= 0.3 is 6.03 Å². The van der Waals surface area contributed by atoms with Crippen molar-refractivity contribution in [1.82, 2.24) is 10.3 Å². The van der Waals surface area contributed by atoms with Crippen LogP contribution in [0.25, 0.3) is 0 Å². The number of pyridine rings is 1. The molecule has 3 amide bonds. The Balaban J connectivity index is 1.42. The van der Waals surface area contributed by atoms with E-state index in [1.807, 2.05) is 18.2 Å². The molecule has 27 heavy (non-hydrogen) atoms. The molecule has 2 aromatic rings. The first-order valence-corrected chi connectivity index (χ1v) is 9.21. The number of amides is 3. The van der Waals surface area contributed by atoms with Crippen LogP contribution in [-0.4, -0.2) is 42.7 Å². The Bertz CT molecular complexity index is 834. The summed E-state index contributed by atoms with van der Waals surface area (Å²) in [5, 5.41) is 5.87. The van der Waals surface area contributed by atoms with E-state index in [0.29, 0.717) is 25.3 Å². The van der Waals surface area contributed by atoms with Gasteiger partial charge in [-0.15, -0.1) is 0 Å². The Morgan fingerprint density at radius 2 is 2.04 bits per heavy atom. The fraction of sp³-hybridized carbons (Fsp3) is 0.350. The van der Waals surface area contributed by atoms with Crippen molar-refractivity contribution in [3.63, 3.8) is 0 Å². The molecule has 140 valence electrons. The predicted octanol–water partition coefficient (Wildman–Crippen LogP) is 2.58. The molecule has 1 aromatic carbocycles. The van der Waals surface area contributed by atoms with Crippen LogP contribution in [-0.2, 0) is 11.2 Å². The van der Waals surface area contributed by atoms with Crippen molar-refractivity contribution in [1.29, 1.82) is 0 Å². The van der Waals surface area contributed by atoms with Gasteiger partial charge in [0.1, 0.15) is 0 Å². The highest BCUT2D eigenvalue weighted by molar-refractivity contribution is 6.07. The van der Waals surface area contributed by atoms with Gasteiger partial charge in [-0.05, 0) is 55.2 Å². The van der Waals surface area contributed by atoms with E-state index in [9.17, 15) is 9.59 Å². The van der Waals surface area contributed by atoms with Crippen LogP contribution in [0.1, 0.15) is 28.8 Å². The minimum atomic E-state index is -0.205. The number of nitrogens with one attached hydrogen (secondary N) is 2. The second-order valence-electron chi connectivity index (χ2n) is 6.78. The molecule has 2 aliphatic rings. The van der Waals surface area contributed by atoms with Gasteiger partial charge in [-0.3, -0.25) is 9.78 Å². The highest BCUT2D eigenvalue weighted by atomic mass is 16.5. The lowest BCUT2D eigenvalue weighted by Gasteiger charge is -2.23. The van der Waals surface area contributed by atoms with Crippen LogP contribution >= 0.6 is 0 Å². The van der Waals surface area contributed by atoms with Crippen molar-refractivity contribution in [2.45, 2.75) is 25.3 Å². The zero-order valence-corrected chi connectivity index (χ0v) is 15.0. The van der Waals surface area contributed by atoms with Crippen molar-refractivity contribution in [2.75, 3.05) is 30.0 Å². The third kappa shape index (κ3) is 3.93.